The fourth-order valence-corrected chi connectivity index (χ4v) is 0.279. The Balaban J connectivity index is 4.25. The Labute approximate surface area is 52.0 Å². The summed E-state index contributed by atoms with van der Waals surface area (Å²) in [4.78, 5) is 0. The van der Waals surface area contributed by atoms with Crippen molar-refractivity contribution >= 4 is 7.85 Å². The second-order valence-electron chi connectivity index (χ2n) is 1.55. The van der Waals surface area contributed by atoms with Gasteiger partial charge >= 0.3 is 0 Å². The maximum atomic E-state index is 5.42. The molecule has 0 nitrogen and oxygen atoms in total. The van der Waals surface area contributed by atoms with Crippen molar-refractivity contribution in [2.45, 2.75) is 6.92 Å². The molecular formula is C7H9B. The number of hydrogen-bond acceptors (Lipinski definition) is 0. The van der Waals surface area contributed by atoms with E-state index in [0.29, 0.717) is 5.47 Å². The minimum atomic E-state index is 0.694. The van der Waals surface area contributed by atoms with Crippen molar-refractivity contribution in [3.63, 3.8) is 0 Å². The number of allylic oxidation sites excluding steroid dienone is 4. The van der Waals surface area contributed by atoms with Crippen molar-refractivity contribution in [2.24, 2.45) is 0 Å². The van der Waals surface area contributed by atoms with E-state index in [0.717, 1.165) is 5.57 Å². The van der Waals surface area contributed by atoms with Gasteiger partial charge in [0.15, 0.2) is 0 Å². The van der Waals surface area contributed by atoms with Gasteiger partial charge in [0.25, 0.3) is 0 Å². The molecule has 0 aliphatic carbocycles. The summed E-state index contributed by atoms with van der Waals surface area (Å²) in [5.41, 5.74) is 1.67. The SMILES string of the molecule is [B]/C(C=C)=C(\C)C=C. The molecule has 0 bridgehead atoms. The largest absolute Gasteiger partial charge is 0.114 e. The molecule has 0 aromatic carbocycles. The van der Waals surface area contributed by atoms with Crippen LogP contribution in [0.15, 0.2) is 36.4 Å². The van der Waals surface area contributed by atoms with Crippen LogP contribution >= 0.6 is 0 Å². The molecule has 0 atom stereocenters. The lowest BCUT2D eigenvalue weighted by atomic mass is 9.91. The Morgan fingerprint density at radius 2 is 1.88 bits per heavy atom. The summed E-state index contributed by atoms with van der Waals surface area (Å²) < 4.78 is 0. The summed E-state index contributed by atoms with van der Waals surface area (Å²) in [7, 11) is 5.42. The normalized spacial score (nSPS) is 12.1. The summed E-state index contributed by atoms with van der Waals surface area (Å²) >= 11 is 0. The van der Waals surface area contributed by atoms with Gasteiger partial charge in [0.05, 0.1) is 0 Å². The maximum absolute atomic E-state index is 5.42. The van der Waals surface area contributed by atoms with Crippen LogP contribution in [0.4, 0.5) is 0 Å². The molecule has 0 spiro atoms. The Hall–Kier alpha value is -0.715. The molecule has 0 aromatic heterocycles. The molecule has 0 amide bonds. The molecule has 0 unspecified atom stereocenters. The van der Waals surface area contributed by atoms with Crippen LogP contribution in [0.1, 0.15) is 6.92 Å². The summed E-state index contributed by atoms with van der Waals surface area (Å²) in [5.74, 6) is 0. The summed E-state index contributed by atoms with van der Waals surface area (Å²) in [5, 5.41) is 0. The van der Waals surface area contributed by atoms with Gasteiger partial charge in [-0.15, -0.1) is 0 Å². The Morgan fingerprint density at radius 3 is 2.00 bits per heavy atom. The van der Waals surface area contributed by atoms with Gasteiger partial charge in [-0.05, 0) is 6.92 Å². The highest BCUT2D eigenvalue weighted by Crippen LogP contribution is 1.99. The van der Waals surface area contributed by atoms with E-state index in [1.165, 1.54) is 0 Å². The van der Waals surface area contributed by atoms with Crippen molar-refractivity contribution in [1.29, 1.82) is 0 Å². The lowest BCUT2D eigenvalue weighted by Gasteiger charge is -1.93. The van der Waals surface area contributed by atoms with Gasteiger partial charge in [-0.2, -0.15) is 0 Å². The molecule has 2 radical (unpaired) electrons. The zero-order valence-electron chi connectivity index (χ0n) is 5.15. The molecule has 0 fully saturated rings. The van der Waals surface area contributed by atoms with E-state index < -0.39 is 0 Å². The first-order valence-corrected chi connectivity index (χ1v) is 2.43. The fraction of sp³-hybridized carbons (Fsp3) is 0.143. The highest BCUT2D eigenvalue weighted by Gasteiger charge is 1.82. The van der Waals surface area contributed by atoms with Crippen molar-refractivity contribution in [3.8, 4) is 0 Å². The highest BCUT2D eigenvalue weighted by atomic mass is 13.8. The molecular weight excluding hydrogens is 94.9 g/mol. The predicted octanol–water partition coefficient (Wildman–Crippen LogP) is 1.80. The van der Waals surface area contributed by atoms with Crippen LogP contribution in [0.2, 0.25) is 0 Å². The van der Waals surface area contributed by atoms with E-state index in [1.54, 1.807) is 12.2 Å². The van der Waals surface area contributed by atoms with Gasteiger partial charge in [-0.3, -0.25) is 0 Å². The van der Waals surface area contributed by atoms with Crippen LogP contribution in [0.25, 0.3) is 0 Å². The van der Waals surface area contributed by atoms with Crippen LogP contribution in [0, 0.1) is 0 Å². The third kappa shape index (κ3) is 1.83. The smallest absolute Gasteiger partial charge is 0.0996 e. The van der Waals surface area contributed by atoms with E-state index in [1.807, 2.05) is 6.92 Å². The third-order valence-electron chi connectivity index (χ3n) is 0.981. The van der Waals surface area contributed by atoms with E-state index in [-0.39, 0.29) is 0 Å². The number of hydrogen-bond donors (Lipinski definition) is 0. The van der Waals surface area contributed by atoms with Gasteiger partial charge in [0, 0.05) is 0 Å². The fourth-order valence-electron chi connectivity index (χ4n) is 0.279. The molecule has 40 valence electrons. The first-order chi connectivity index (χ1) is 3.72. The average molecular weight is 104 g/mol. The third-order valence-corrected chi connectivity index (χ3v) is 0.981. The van der Waals surface area contributed by atoms with E-state index >= 15 is 0 Å². The van der Waals surface area contributed by atoms with E-state index in [2.05, 4.69) is 13.2 Å². The first kappa shape index (κ1) is 7.28. The standard InChI is InChI=1S/C7H9B/c1-4-6(3)7(8)5-2/h4-5H,1-2H2,3H3/b7-6+. The lowest BCUT2D eigenvalue weighted by molar-refractivity contribution is 1.51. The monoisotopic (exact) mass is 104 g/mol. The molecule has 0 saturated carbocycles. The summed E-state index contributed by atoms with van der Waals surface area (Å²) in [6.45, 7) is 8.94. The molecule has 0 aromatic rings. The lowest BCUT2D eigenvalue weighted by Crippen LogP contribution is -1.77. The average Bonchev–Trinajstić information content (AvgIpc) is 1.84. The second kappa shape index (κ2) is 3.31. The molecule has 0 rings (SSSR count). The zero-order valence-corrected chi connectivity index (χ0v) is 5.15. The minimum Gasteiger partial charge on any atom is -0.0996 e. The van der Waals surface area contributed by atoms with Crippen LogP contribution < -0.4 is 0 Å². The van der Waals surface area contributed by atoms with Crippen LogP contribution in [-0.4, -0.2) is 7.85 Å². The molecule has 0 aliphatic rings. The van der Waals surface area contributed by atoms with Crippen molar-refractivity contribution in [3.05, 3.63) is 36.4 Å². The molecule has 8 heavy (non-hydrogen) atoms. The molecule has 0 aliphatic heterocycles. The van der Waals surface area contributed by atoms with Crippen LogP contribution in [0.3, 0.4) is 0 Å². The highest BCUT2D eigenvalue weighted by molar-refractivity contribution is 6.23. The first-order valence-electron chi connectivity index (χ1n) is 2.43. The summed E-state index contributed by atoms with van der Waals surface area (Å²) in [6.07, 6.45) is 3.31. The second-order valence-corrected chi connectivity index (χ2v) is 1.55. The maximum Gasteiger partial charge on any atom is 0.114 e. The van der Waals surface area contributed by atoms with Crippen molar-refractivity contribution in [2.75, 3.05) is 0 Å². The van der Waals surface area contributed by atoms with Crippen molar-refractivity contribution < 1.29 is 0 Å². The van der Waals surface area contributed by atoms with Crippen molar-refractivity contribution in [1.82, 2.24) is 0 Å². The van der Waals surface area contributed by atoms with Gasteiger partial charge in [0.2, 0.25) is 0 Å². The minimum absolute atomic E-state index is 0.694. The predicted molar refractivity (Wildman–Crippen MR) is 38.8 cm³/mol. The number of rotatable bonds is 2. The zero-order chi connectivity index (χ0) is 6.57. The Bertz CT molecular complexity index is 115. The van der Waals surface area contributed by atoms with Crippen LogP contribution in [-0.2, 0) is 0 Å². The molecule has 0 N–H and O–H groups in total. The Kier molecular flexibility index (Phi) is 3.01. The van der Waals surface area contributed by atoms with Gasteiger partial charge in [0.1, 0.15) is 7.85 Å². The topological polar surface area (TPSA) is 0 Å². The molecule has 0 saturated heterocycles. The Morgan fingerprint density at radius 1 is 1.38 bits per heavy atom. The van der Waals surface area contributed by atoms with E-state index in [9.17, 15) is 0 Å². The van der Waals surface area contributed by atoms with Crippen LogP contribution in [0.5, 0.6) is 0 Å². The molecule has 1 heteroatoms. The summed E-state index contributed by atoms with van der Waals surface area (Å²) in [6, 6.07) is 0. The quantitative estimate of drug-likeness (QED) is 0.370. The van der Waals surface area contributed by atoms with Gasteiger partial charge < -0.3 is 0 Å². The van der Waals surface area contributed by atoms with E-state index in [4.69, 9.17) is 7.85 Å². The molecule has 0 heterocycles. The van der Waals surface area contributed by atoms with Gasteiger partial charge in [-0.25, -0.2) is 0 Å². The van der Waals surface area contributed by atoms with Gasteiger partial charge in [-0.1, -0.05) is 36.4 Å².